The van der Waals surface area contributed by atoms with Gasteiger partial charge in [0.2, 0.25) is 15.9 Å². The molecule has 0 unspecified atom stereocenters. The number of amides is 1. The smallest absolute Gasteiger partial charge is 0.245 e. The maximum absolute atomic E-state index is 13.2. The minimum atomic E-state index is -3.63. The fourth-order valence-electron chi connectivity index (χ4n) is 4.18. The SMILES string of the molecule is O=C(C1CCCCC1)N1CCN(S(=O)(=O)c2cccc3cccnc23)CC1. The Labute approximate surface area is 160 Å². The normalized spacial score (nSPS) is 20.1. The van der Waals surface area contributed by atoms with Gasteiger partial charge < -0.3 is 4.90 Å². The van der Waals surface area contributed by atoms with Crippen LogP contribution in [-0.2, 0) is 14.8 Å². The number of benzene rings is 1. The number of sulfonamides is 1. The molecule has 7 heteroatoms. The second-order valence-electron chi connectivity index (χ2n) is 7.40. The van der Waals surface area contributed by atoms with E-state index in [1.165, 1.54) is 10.7 Å². The molecule has 0 N–H and O–H groups in total. The molecule has 4 rings (SSSR count). The predicted octanol–water partition coefficient (Wildman–Crippen LogP) is 2.65. The van der Waals surface area contributed by atoms with E-state index in [1.807, 2.05) is 17.0 Å². The molecule has 1 aromatic heterocycles. The third-order valence-electron chi connectivity index (χ3n) is 5.72. The number of hydrogen-bond acceptors (Lipinski definition) is 4. The van der Waals surface area contributed by atoms with Crippen LogP contribution in [0.15, 0.2) is 41.4 Å². The Balaban J connectivity index is 1.49. The molecule has 2 fully saturated rings. The van der Waals surface area contributed by atoms with E-state index in [-0.39, 0.29) is 16.7 Å². The first-order valence-electron chi connectivity index (χ1n) is 9.70. The molecule has 27 heavy (non-hydrogen) atoms. The van der Waals surface area contributed by atoms with E-state index in [2.05, 4.69) is 4.98 Å². The highest BCUT2D eigenvalue weighted by atomic mass is 32.2. The first-order valence-corrected chi connectivity index (χ1v) is 11.1. The maximum atomic E-state index is 13.2. The molecular formula is C20H25N3O3S. The highest BCUT2D eigenvalue weighted by Crippen LogP contribution is 2.28. The van der Waals surface area contributed by atoms with Crippen molar-refractivity contribution in [2.24, 2.45) is 5.92 Å². The number of aromatic nitrogens is 1. The number of piperazine rings is 1. The van der Waals surface area contributed by atoms with Crippen molar-refractivity contribution >= 4 is 26.8 Å². The van der Waals surface area contributed by atoms with Gasteiger partial charge in [-0.3, -0.25) is 9.78 Å². The second kappa shape index (κ2) is 7.56. The predicted molar refractivity (Wildman–Crippen MR) is 104 cm³/mol. The van der Waals surface area contributed by atoms with Crippen LogP contribution in [0.4, 0.5) is 0 Å². The number of pyridine rings is 1. The summed E-state index contributed by atoms with van der Waals surface area (Å²) in [5.74, 6) is 0.336. The van der Waals surface area contributed by atoms with Crippen molar-refractivity contribution in [2.45, 2.75) is 37.0 Å². The molecule has 1 amide bonds. The lowest BCUT2D eigenvalue weighted by atomic mass is 9.88. The molecule has 0 spiro atoms. The summed E-state index contributed by atoms with van der Waals surface area (Å²) in [6.45, 7) is 1.60. The zero-order valence-corrected chi connectivity index (χ0v) is 16.2. The number of fused-ring (bicyclic) bond motifs is 1. The Kier molecular flexibility index (Phi) is 5.14. The Morgan fingerprint density at radius 1 is 0.963 bits per heavy atom. The van der Waals surface area contributed by atoms with Crippen molar-refractivity contribution < 1.29 is 13.2 Å². The zero-order chi connectivity index (χ0) is 18.9. The van der Waals surface area contributed by atoms with Crippen molar-refractivity contribution in [3.8, 4) is 0 Å². The molecule has 1 aliphatic heterocycles. The third kappa shape index (κ3) is 3.58. The minimum absolute atomic E-state index is 0.129. The van der Waals surface area contributed by atoms with Crippen LogP contribution in [0.5, 0.6) is 0 Å². The van der Waals surface area contributed by atoms with Crippen LogP contribution in [0.25, 0.3) is 10.9 Å². The van der Waals surface area contributed by atoms with Gasteiger partial charge in [0.1, 0.15) is 4.90 Å². The molecule has 0 atom stereocenters. The molecular weight excluding hydrogens is 362 g/mol. The first kappa shape index (κ1) is 18.4. The average molecular weight is 388 g/mol. The molecule has 2 aliphatic rings. The molecule has 1 aliphatic carbocycles. The second-order valence-corrected chi connectivity index (χ2v) is 9.30. The van der Waals surface area contributed by atoms with E-state index in [1.54, 1.807) is 24.4 Å². The monoisotopic (exact) mass is 387 g/mol. The summed E-state index contributed by atoms with van der Waals surface area (Å²) in [5.41, 5.74) is 0.501. The van der Waals surface area contributed by atoms with Crippen LogP contribution >= 0.6 is 0 Å². The lowest BCUT2D eigenvalue weighted by Gasteiger charge is -2.36. The number of carbonyl (C=O) groups excluding carboxylic acids is 1. The molecule has 2 aromatic rings. The van der Waals surface area contributed by atoms with Crippen LogP contribution in [0.3, 0.4) is 0 Å². The number of rotatable bonds is 3. The van der Waals surface area contributed by atoms with Gasteiger partial charge in [-0.05, 0) is 25.0 Å². The van der Waals surface area contributed by atoms with Crippen LogP contribution < -0.4 is 0 Å². The quantitative estimate of drug-likeness (QED) is 0.812. The van der Waals surface area contributed by atoms with E-state index < -0.39 is 10.0 Å². The van der Waals surface area contributed by atoms with Crippen molar-refractivity contribution in [1.29, 1.82) is 0 Å². The van der Waals surface area contributed by atoms with E-state index in [4.69, 9.17) is 0 Å². The Bertz CT molecular complexity index is 925. The number of nitrogens with zero attached hydrogens (tertiary/aromatic N) is 3. The van der Waals surface area contributed by atoms with Crippen molar-refractivity contribution in [1.82, 2.24) is 14.2 Å². The van der Waals surface area contributed by atoms with Crippen LogP contribution in [0.2, 0.25) is 0 Å². The summed E-state index contributed by atoms with van der Waals surface area (Å²) in [5, 5.41) is 0.810. The fraction of sp³-hybridized carbons (Fsp3) is 0.500. The Morgan fingerprint density at radius 2 is 1.67 bits per heavy atom. The molecule has 1 saturated carbocycles. The summed E-state index contributed by atoms with van der Waals surface area (Å²) in [6, 6.07) is 8.89. The van der Waals surface area contributed by atoms with E-state index in [0.717, 1.165) is 31.1 Å². The summed E-state index contributed by atoms with van der Waals surface area (Å²) >= 11 is 0. The van der Waals surface area contributed by atoms with Gasteiger partial charge in [-0.1, -0.05) is 37.5 Å². The van der Waals surface area contributed by atoms with Gasteiger partial charge in [-0.25, -0.2) is 8.42 Å². The Morgan fingerprint density at radius 3 is 2.41 bits per heavy atom. The summed E-state index contributed by atoms with van der Waals surface area (Å²) in [4.78, 5) is 19.1. The number of para-hydroxylation sites is 1. The molecule has 1 aromatic carbocycles. The lowest BCUT2D eigenvalue weighted by molar-refractivity contribution is -0.137. The standard InChI is InChI=1S/C20H25N3O3S/c24-20(17-6-2-1-3-7-17)22-12-14-23(15-13-22)27(25,26)18-10-4-8-16-9-5-11-21-19(16)18/h4-5,8-11,17H,1-3,6-7,12-15H2. The fourth-order valence-corrected chi connectivity index (χ4v) is 5.77. The molecule has 0 radical (unpaired) electrons. The van der Waals surface area contributed by atoms with Crippen LogP contribution in [-0.4, -0.2) is 54.7 Å². The zero-order valence-electron chi connectivity index (χ0n) is 15.4. The largest absolute Gasteiger partial charge is 0.340 e. The van der Waals surface area contributed by atoms with Crippen molar-refractivity contribution in [3.05, 3.63) is 36.5 Å². The van der Waals surface area contributed by atoms with E-state index >= 15 is 0 Å². The van der Waals surface area contributed by atoms with Gasteiger partial charge in [0.05, 0.1) is 5.52 Å². The highest BCUT2D eigenvalue weighted by molar-refractivity contribution is 7.89. The molecule has 1 saturated heterocycles. The van der Waals surface area contributed by atoms with Gasteiger partial charge in [-0.2, -0.15) is 4.31 Å². The minimum Gasteiger partial charge on any atom is -0.340 e. The lowest BCUT2D eigenvalue weighted by Crippen LogP contribution is -2.52. The topological polar surface area (TPSA) is 70.6 Å². The van der Waals surface area contributed by atoms with Gasteiger partial charge >= 0.3 is 0 Å². The van der Waals surface area contributed by atoms with Gasteiger partial charge in [0.15, 0.2) is 0 Å². The van der Waals surface area contributed by atoms with Crippen molar-refractivity contribution in [3.63, 3.8) is 0 Å². The van der Waals surface area contributed by atoms with Crippen LogP contribution in [0, 0.1) is 5.92 Å². The molecule has 6 nitrogen and oxygen atoms in total. The molecule has 2 heterocycles. The average Bonchev–Trinajstić information content (AvgIpc) is 2.73. The number of carbonyl (C=O) groups is 1. The van der Waals surface area contributed by atoms with Gasteiger partial charge in [0.25, 0.3) is 0 Å². The highest BCUT2D eigenvalue weighted by Gasteiger charge is 2.33. The van der Waals surface area contributed by atoms with E-state index in [9.17, 15) is 13.2 Å². The molecule has 144 valence electrons. The van der Waals surface area contributed by atoms with Crippen molar-refractivity contribution in [2.75, 3.05) is 26.2 Å². The van der Waals surface area contributed by atoms with E-state index in [0.29, 0.717) is 31.7 Å². The summed E-state index contributed by atoms with van der Waals surface area (Å²) in [7, 11) is -3.63. The molecule has 0 bridgehead atoms. The third-order valence-corrected chi connectivity index (χ3v) is 7.65. The number of hydrogen-bond donors (Lipinski definition) is 0. The van der Waals surface area contributed by atoms with Gasteiger partial charge in [-0.15, -0.1) is 0 Å². The Hall–Kier alpha value is -1.99. The summed E-state index contributed by atoms with van der Waals surface area (Å²) < 4.78 is 27.8. The summed E-state index contributed by atoms with van der Waals surface area (Å²) in [6.07, 6.45) is 7.02. The first-order chi connectivity index (χ1) is 13.1. The van der Waals surface area contributed by atoms with Crippen LogP contribution in [0.1, 0.15) is 32.1 Å². The van der Waals surface area contributed by atoms with Gasteiger partial charge in [0, 0.05) is 43.7 Å². The maximum Gasteiger partial charge on any atom is 0.245 e.